The molecule has 13 nitrogen and oxygen atoms in total. The number of ketones is 3. The Labute approximate surface area is 262 Å². The van der Waals surface area contributed by atoms with Crippen LogP contribution in [0, 0.1) is 10.1 Å². The van der Waals surface area contributed by atoms with Crippen LogP contribution in [0.25, 0.3) is 0 Å². The third-order valence-electron chi connectivity index (χ3n) is 9.19. The molecule has 3 aromatic rings. The number of carbonyl (C=O) groups is 3. The van der Waals surface area contributed by atoms with Crippen LogP contribution in [-0.4, -0.2) is 72.8 Å². The number of Topliss-reactive ketones (excluding diaryl/α,β-unsaturated/α-hetero) is 1. The lowest BCUT2D eigenvalue weighted by atomic mass is 9.72. The van der Waals surface area contributed by atoms with Crippen molar-refractivity contribution in [1.82, 2.24) is 5.32 Å². The first kappa shape index (κ1) is 31.5. The van der Waals surface area contributed by atoms with Crippen molar-refractivity contribution in [3.05, 3.63) is 97.6 Å². The molecule has 4 unspecified atom stereocenters. The maximum absolute atomic E-state index is 13.6. The number of ether oxygens (including phenoxy) is 2. The summed E-state index contributed by atoms with van der Waals surface area (Å²) < 4.78 is 12.2. The highest BCUT2D eigenvalue weighted by Gasteiger charge is 2.49. The van der Waals surface area contributed by atoms with Gasteiger partial charge in [0.15, 0.2) is 23.6 Å². The molecule has 1 fully saturated rings. The normalized spacial score (nSPS) is 27.0. The van der Waals surface area contributed by atoms with Crippen molar-refractivity contribution in [2.24, 2.45) is 0 Å². The molecule has 3 aliphatic rings. The molecule has 1 saturated heterocycles. The zero-order chi connectivity index (χ0) is 33.1. The average molecular weight is 633 g/mol. The third kappa shape index (κ3) is 5.15. The lowest BCUT2D eigenvalue weighted by Gasteiger charge is -2.43. The van der Waals surface area contributed by atoms with Crippen molar-refractivity contribution >= 4 is 23.0 Å². The van der Waals surface area contributed by atoms with E-state index in [9.17, 15) is 44.9 Å². The highest BCUT2D eigenvalue weighted by Crippen LogP contribution is 2.52. The highest BCUT2D eigenvalue weighted by atomic mass is 16.7. The lowest BCUT2D eigenvalue weighted by Crippen LogP contribution is -2.54. The molecule has 0 amide bonds. The standard InChI is InChI=1S/C33H32N2O11/c1-15-28(37)21(34-14-17-7-3-6-10-22(17)35(43)44)11-24(45-15)46-23-13-33(42,16(2)36)12-20-25(23)32(41)27-26(31(20)40)29(38)18-8-4-5-9-19(18)30(27)39/h3-10,15,21,23-24,28,34,37,40-42H,11-14H2,1-2H3/t15?,21?,23-,24?,28?,33-/m0/s1. The predicted octanol–water partition coefficient (Wildman–Crippen LogP) is 2.76. The Hall–Kier alpha value is -4.53. The molecule has 6 atom stereocenters. The van der Waals surface area contributed by atoms with Gasteiger partial charge in [0.25, 0.3) is 5.69 Å². The summed E-state index contributed by atoms with van der Waals surface area (Å²) in [6.45, 7) is 2.82. The number of nitrogens with zero attached hydrogens (tertiary/aromatic N) is 1. The molecule has 0 bridgehead atoms. The van der Waals surface area contributed by atoms with Gasteiger partial charge in [0.05, 0.1) is 34.4 Å². The topological polar surface area (TPSA) is 206 Å². The number of aliphatic hydroxyl groups is 2. The van der Waals surface area contributed by atoms with Gasteiger partial charge < -0.3 is 35.2 Å². The number of hydrogen-bond acceptors (Lipinski definition) is 12. The largest absolute Gasteiger partial charge is 0.507 e. The van der Waals surface area contributed by atoms with E-state index in [-0.39, 0.29) is 47.3 Å². The summed E-state index contributed by atoms with van der Waals surface area (Å²) in [7, 11) is 0. The molecule has 1 aliphatic heterocycles. The van der Waals surface area contributed by atoms with Gasteiger partial charge in [-0.15, -0.1) is 0 Å². The van der Waals surface area contributed by atoms with Crippen LogP contribution in [0.4, 0.5) is 5.69 Å². The van der Waals surface area contributed by atoms with Crippen molar-refractivity contribution in [1.29, 1.82) is 0 Å². The first-order valence-corrected chi connectivity index (χ1v) is 14.8. The maximum atomic E-state index is 13.6. The SMILES string of the molecule is CC(=O)[C@]1(O)Cc2c(O)c3c(c(O)c2[C@@H](OC2CC(NCc4ccccc4[N+](=O)[O-])C(O)C(C)O2)C1)C(=O)c1ccccc1C3=O. The Bertz CT molecular complexity index is 1790. The van der Waals surface area contributed by atoms with E-state index < -0.39 is 87.6 Å². The smallest absolute Gasteiger partial charge is 0.273 e. The lowest BCUT2D eigenvalue weighted by molar-refractivity contribution is -0.385. The van der Waals surface area contributed by atoms with Gasteiger partial charge in [0.1, 0.15) is 17.1 Å². The Morgan fingerprint density at radius 3 is 2.30 bits per heavy atom. The number of phenolic OH excluding ortho intramolecular Hbond substituents is 2. The van der Waals surface area contributed by atoms with E-state index >= 15 is 0 Å². The zero-order valence-electron chi connectivity index (χ0n) is 24.9. The minimum Gasteiger partial charge on any atom is -0.507 e. The first-order valence-electron chi connectivity index (χ1n) is 14.8. The van der Waals surface area contributed by atoms with Gasteiger partial charge in [-0.2, -0.15) is 0 Å². The number of hydrogen-bond donors (Lipinski definition) is 5. The number of nitro benzene ring substituents is 1. The molecule has 0 aromatic heterocycles. The average Bonchev–Trinajstić information content (AvgIpc) is 3.02. The number of rotatable bonds is 7. The monoisotopic (exact) mass is 632 g/mol. The summed E-state index contributed by atoms with van der Waals surface area (Å²) in [4.78, 5) is 50.7. The number of aromatic hydroxyl groups is 2. The molecule has 5 N–H and O–H groups in total. The number of phenols is 2. The first-order chi connectivity index (χ1) is 21.8. The molecule has 0 radical (unpaired) electrons. The summed E-state index contributed by atoms with van der Waals surface area (Å²) in [5.74, 6) is -3.27. The molecule has 0 spiro atoms. The van der Waals surface area contributed by atoms with E-state index in [4.69, 9.17) is 9.47 Å². The van der Waals surface area contributed by atoms with Crippen molar-refractivity contribution in [2.75, 3.05) is 0 Å². The molecule has 13 heteroatoms. The van der Waals surface area contributed by atoms with Crippen molar-refractivity contribution in [3.8, 4) is 11.5 Å². The van der Waals surface area contributed by atoms with Crippen LogP contribution >= 0.6 is 0 Å². The summed E-state index contributed by atoms with van der Waals surface area (Å²) in [6, 6.07) is 11.5. The molecule has 240 valence electrons. The van der Waals surface area contributed by atoms with Gasteiger partial charge in [-0.05, 0) is 13.8 Å². The number of nitrogens with one attached hydrogen (secondary N) is 1. The molecule has 6 rings (SSSR count). The van der Waals surface area contributed by atoms with Crippen LogP contribution in [-0.2, 0) is 27.2 Å². The number of carbonyl (C=O) groups excluding carboxylic acids is 3. The Balaban J connectivity index is 1.35. The van der Waals surface area contributed by atoms with Crippen LogP contribution in [0.3, 0.4) is 0 Å². The molecule has 46 heavy (non-hydrogen) atoms. The van der Waals surface area contributed by atoms with Crippen LogP contribution in [0.5, 0.6) is 11.5 Å². The van der Waals surface area contributed by atoms with Gasteiger partial charge in [0.2, 0.25) is 0 Å². The van der Waals surface area contributed by atoms with E-state index in [1.807, 2.05) is 0 Å². The molecule has 2 aliphatic carbocycles. The van der Waals surface area contributed by atoms with Gasteiger partial charge in [-0.3, -0.25) is 24.5 Å². The number of fused-ring (bicyclic) bond motifs is 3. The Morgan fingerprint density at radius 2 is 1.67 bits per heavy atom. The number of aliphatic hydroxyl groups excluding tert-OH is 1. The van der Waals surface area contributed by atoms with Gasteiger partial charge in [-0.1, -0.05) is 42.5 Å². The van der Waals surface area contributed by atoms with Crippen LogP contribution < -0.4 is 5.32 Å². The maximum Gasteiger partial charge on any atom is 0.273 e. The number of para-hydroxylation sites is 1. The quantitative estimate of drug-likeness (QED) is 0.113. The summed E-state index contributed by atoms with van der Waals surface area (Å²) in [5, 5.41) is 59.9. The third-order valence-corrected chi connectivity index (χ3v) is 9.19. The van der Waals surface area contributed by atoms with E-state index in [0.29, 0.717) is 5.56 Å². The van der Waals surface area contributed by atoms with Crippen LogP contribution in [0.15, 0.2) is 48.5 Å². The van der Waals surface area contributed by atoms with Crippen molar-refractivity contribution < 1.29 is 49.2 Å². The molecular weight excluding hydrogens is 600 g/mol. The summed E-state index contributed by atoms with van der Waals surface area (Å²) in [6.07, 6.45) is -5.03. The second-order valence-corrected chi connectivity index (χ2v) is 12.0. The van der Waals surface area contributed by atoms with Crippen LogP contribution in [0.2, 0.25) is 0 Å². The van der Waals surface area contributed by atoms with Crippen molar-refractivity contribution in [2.45, 2.75) is 75.9 Å². The Morgan fingerprint density at radius 1 is 1.07 bits per heavy atom. The van der Waals surface area contributed by atoms with Crippen LogP contribution in [0.1, 0.15) is 81.3 Å². The summed E-state index contributed by atoms with van der Waals surface area (Å²) in [5.41, 5.74) is -2.65. The minimum absolute atomic E-state index is 0.0128. The fourth-order valence-electron chi connectivity index (χ4n) is 6.67. The van der Waals surface area contributed by atoms with E-state index in [2.05, 4.69) is 5.32 Å². The fraction of sp³-hybridized carbons (Fsp3) is 0.364. The molecular formula is C33H32N2O11. The second-order valence-electron chi connectivity index (χ2n) is 12.0. The van der Waals surface area contributed by atoms with E-state index in [1.165, 1.54) is 25.1 Å². The zero-order valence-corrected chi connectivity index (χ0v) is 24.9. The van der Waals surface area contributed by atoms with Gasteiger partial charge in [-0.25, -0.2) is 0 Å². The predicted molar refractivity (Wildman–Crippen MR) is 160 cm³/mol. The fourth-order valence-corrected chi connectivity index (χ4v) is 6.67. The van der Waals surface area contributed by atoms with E-state index in [1.54, 1.807) is 37.3 Å². The second kappa shape index (κ2) is 11.7. The minimum atomic E-state index is -2.06. The van der Waals surface area contributed by atoms with Gasteiger partial charge in [0, 0.05) is 65.7 Å². The molecule has 0 saturated carbocycles. The molecule has 1 heterocycles. The Kier molecular flexibility index (Phi) is 7.99. The summed E-state index contributed by atoms with van der Waals surface area (Å²) >= 11 is 0. The number of nitro groups is 1. The van der Waals surface area contributed by atoms with Gasteiger partial charge >= 0.3 is 0 Å². The number of benzene rings is 3. The van der Waals surface area contributed by atoms with Crippen molar-refractivity contribution in [3.63, 3.8) is 0 Å². The highest BCUT2D eigenvalue weighted by molar-refractivity contribution is 6.30. The van der Waals surface area contributed by atoms with E-state index in [0.717, 1.165) is 0 Å². The molecule has 3 aromatic carbocycles.